The molecule has 6 heteroatoms. The molecular formula is C14H12ClFN2O2. The van der Waals surface area contributed by atoms with Crippen LogP contribution in [0.15, 0.2) is 42.5 Å². The van der Waals surface area contributed by atoms with Crippen molar-refractivity contribution in [3.8, 4) is 5.75 Å². The van der Waals surface area contributed by atoms with Gasteiger partial charge in [0.15, 0.2) is 0 Å². The molecule has 0 unspecified atom stereocenters. The Labute approximate surface area is 120 Å². The fourth-order valence-electron chi connectivity index (χ4n) is 1.67. The van der Waals surface area contributed by atoms with E-state index in [1.165, 1.54) is 18.2 Å². The second kappa shape index (κ2) is 6.36. The summed E-state index contributed by atoms with van der Waals surface area (Å²) in [5, 5.41) is -0.0181. The number of nitrogen functional groups attached to an aromatic ring is 1. The van der Waals surface area contributed by atoms with Gasteiger partial charge in [-0.25, -0.2) is 10.2 Å². The van der Waals surface area contributed by atoms with Crippen LogP contribution in [0.5, 0.6) is 5.75 Å². The highest BCUT2D eigenvalue weighted by molar-refractivity contribution is 6.30. The molecule has 2 aromatic rings. The molecule has 0 aliphatic heterocycles. The Hall–Kier alpha value is -2.11. The zero-order valence-electron chi connectivity index (χ0n) is 10.4. The molecule has 1 amide bonds. The van der Waals surface area contributed by atoms with Crippen molar-refractivity contribution in [3.63, 3.8) is 0 Å². The van der Waals surface area contributed by atoms with Crippen molar-refractivity contribution < 1.29 is 13.9 Å². The lowest BCUT2D eigenvalue weighted by Crippen LogP contribution is -2.30. The molecule has 2 aromatic carbocycles. The zero-order valence-corrected chi connectivity index (χ0v) is 11.2. The molecule has 0 fully saturated rings. The van der Waals surface area contributed by atoms with Crippen LogP contribution in [0.2, 0.25) is 5.02 Å². The first-order valence-corrected chi connectivity index (χ1v) is 6.16. The molecule has 0 atom stereocenters. The molecule has 0 heterocycles. The van der Waals surface area contributed by atoms with Gasteiger partial charge in [-0.05, 0) is 18.2 Å². The topological polar surface area (TPSA) is 64.3 Å². The number of nitrogens with two attached hydrogens (primary N) is 1. The van der Waals surface area contributed by atoms with E-state index in [4.69, 9.17) is 22.2 Å². The maximum atomic E-state index is 13.0. The highest BCUT2D eigenvalue weighted by atomic mass is 35.5. The highest BCUT2D eigenvalue weighted by Crippen LogP contribution is 2.22. The van der Waals surface area contributed by atoms with Crippen LogP contribution in [0.25, 0.3) is 0 Å². The average molecular weight is 295 g/mol. The number of benzene rings is 2. The summed E-state index contributed by atoms with van der Waals surface area (Å²) < 4.78 is 18.5. The van der Waals surface area contributed by atoms with Crippen molar-refractivity contribution in [2.45, 2.75) is 6.61 Å². The number of carbonyl (C=O) groups is 1. The molecule has 0 aliphatic rings. The monoisotopic (exact) mass is 294 g/mol. The quantitative estimate of drug-likeness (QED) is 0.518. The Balaban J connectivity index is 2.14. The zero-order chi connectivity index (χ0) is 14.5. The third-order valence-electron chi connectivity index (χ3n) is 2.68. The summed E-state index contributed by atoms with van der Waals surface area (Å²) in [4.78, 5) is 11.6. The van der Waals surface area contributed by atoms with E-state index in [1.54, 1.807) is 24.3 Å². The van der Waals surface area contributed by atoms with Crippen LogP contribution in [0.1, 0.15) is 15.9 Å². The summed E-state index contributed by atoms with van der Waals surface area (Å²) in [6.45, 7) is 0.144. The van der Waals surface area contributed by atoms with E-state index in [9.17, 15) is 9.18 Å². The Bertz CT molecular complexity index is 634. The van der Waals surface area contributed by atoms with Crippen LogP contribution < -0.4 is 16.0 Å². The predicted molar refractivity (Wildman–Crippen MR) is 73.8 cm³/mol. The SMILES string of the molecule is NNC(=O)c1ccccc1COc1ccc(F)c(Cl)c1. The third-order valence-corrected chi connectivity index (χ3v) is 2.97. The van der Waals surface area contributed by atoms with Gasteiger partial charge in [-0.3, -0.25) is 10.2 Å². The molecule has 0 aliphatic carbocycles. The predicted octanol–water partition coefficient (Wildman–Crippen LogP) is 2.66. The number of halogens is 2. The van der Waals surface area contributed by atoms with Crippen LogP contribution in [0.3, 0.4) is 0 Å². The minimum absolute atomic E-state index is 0.0181. The Morgan fingerprint density at radius 3 is 2.75 bits per heavy atom. The molecule has 4 nitrogen and oxygen atoms in total. The number of carbonyl (C=O) groups excluding carboxylic acids is 1. The molecule has 0 bridgehead atoms. The van der Waals surface area contributed by atoms with Gasteiger partial charge in [0.05, 0.1) is 5.02 Å². The number of rotatable bonds is 4. The lowest BCUT2D eigenvalue weighted by Gasteiger charge is -2.10. The van der Waals surface area contributed by atoms with Gasteiger partial charge in [-0.1, -0.05) is 29.8 Å². The molecule has 0 spiro atoms. The van der Waals surface area contributed by atoms with Crippen molar-refractivity contribution in [1.29, 1.82) is 0 Å². The summed E-state index contributed by atoms with van der Waals surface area (Å²) in [5.41, 5.74) is 3.15. The maximum Gasteiger partial charge on any atom is 0.265 e. The summed E-state index contributed by atoms with van der Waals surface area (Å²) in [6, 6.07) is 11.0. The van der Waals surface area contributed by atoms with Crippen LogP contribution >= 0.6 is 11.6 Å². The van der Waals surface area contributed by atoms with Crippen molar-refractivity contribution in [3.05, 3.63) is 64.4 Å². The first-order chi connectivity index (χ1) is 9.61. The largest absolute Gasteiger partial charge is 0.489 e. The molecular weight excluding hydrogens is 283 g/mol. The van der Waals surface area contributed by atoms with E-state index in [-0.39, 0.29) is 11.6 Å². The van der Waals surface area contributed by atoms with Crippen LogP contribution in [-0.4, -0.2) is 5.91 Å². The van der Waals surface area contributed by atoms with E-state index in [1.807, 2.05) is 0 Å². The van der Waals surface area contributed by atoms with Crippen LogP contribution in [0, 0.1) is 5.82 Å². The highest BCUT2D eigenvalue weighted by Gasteiger charge is 2.10. The van der Waals surface area contributed by atoms with E-state index in [0.29, 0.717) is 16.9 Å². The molecule has 104 valence electrons. The molecule has 3 N–H and O–H groups in total. The van der Waals surface area contributed by atoms with Gasteiger partial charge >= 0.3 is 0 Å². The number of hydrazine groups is 1. The average Bonchev–Trinajstić information content (AvgIpc) is 2.48. The fraction of sp³-hybridized carbons (Fsp3) is 0.0714. The van der Waals surface area contributed by atoms with Crippen LogP contribution in [0.4, 0.5) is 4.39 Å². The van der Waals surface area contributed by atoms with Crippen molar-refractivity contribution in [1.82, 2.24) is 5.43 Å². The summed E-state index contributed by atoms with van der Waals surface area (Å²) >= 11 is 5.66. The summed E-state index contributed by atoms with van der Waals surface area (Å²) in [7, 11) is 0. The lowest BCUT2D eigenvalue weighted by molar-refractivity contribution is 0.0951. The number of hydrogen-bond acceptors (Lipinski definition) is 3. The maximum absolute atomic E-state index is 13.0. The number of amides is 1. The Kier molecular flexibility index (Phi) is 4.55. The van der Waals surface area contributed by atoms with E-state index >= 15 is 0 Å². The first kappa shape index (κ1) is 14.3. The Morgan fingerprint density at radius 2 is 2.05 bits per heavy atom. The molecule has 0 radical (unpaired) electrons. The molecule has 2 rings (SSSR count). The fourth-order valence-corrected chi connectivity index (χ4v) is 1.84. The van der Waals surface area contributed by atoms with Crippen molar-refractivity contribution >= 4 is 17.5 Å². The normalized spacial score (nSPS) is 10.2. The minimum atomic E-state index is -0.512. The van der Waals surface area contributed by atoms with Gasteiger partial charge < -0.3 is 4.74 Å². The minimum Gasteiger partial charge on any atom is -0.489 e. The molecule has 0 saturated carbocycles. The molecule has 20 heavy (non-hydrogen) atoms. The van der Waals surface area contributed by atoms with E-state index < -0.39 is 11.7 Å². The molecule has 0 saturated heterocycles. The first-order valence-electron chi connectivity index (χ1n) is 5.78. The van der Waals surface area contributed by atoms with Crippen molar-refractivity contribution in [2.24, 2.45) is 5.84 Å². The number of nitrogens with one attached hydrogen (secondary N) is 1. The standard InChI is InChI=1S/C14H12ClFN2O2/c15-12-7-10(5-6-13(12)16)20-8-9-3-1-2-4-11(9)14(19)18-17/h1-7H,8,17H2,(H,18,19). The van der Waals surface area contributed by atoms with E-state index in [0.717, 1.165) is 0 Å². The van der Waals surface area contributed by atoms with Gasteiger partial charge in [0.25, 0.3) is 5.91 Å². The van der Waals surface area contributed by atoms with Gasteiger partial charge in [0.2, 0.25) is 0 Å². The van der Waals surface area contributed by atoms with Crippen LogP contribution in [-0.2, 0) is 6.61 Å². The lowest BCUT2D eigenvalue weighted by atomic mass is 10.1. The second-order valence-corrected chi connectivity index (χ2v) is 4.40. The third kappa shape index (κ3) is 3.26. The second-order valence-electron chi connectivity index (χ2n) is 4.00. The number of ether oxygens (including phenoxy) is 1. The molecule has 0 aromatic heterocycles. The van der Waals surface area contributed by atoms with Crippen molar-refractivity contribution in [2.75, 3.05) is 0 Å². The summed E-state index contributed by atoms with van der Waals surface area (Å²) in [6.07, 6.45) is 0. The number of hydrogen-bond donors (Lipinski definition) is 2. The van der Waals surface area contributed by atoms with Gasteiger partial charge in [0.1, 0.15) is 18.2 Å². The van der Waals surface area contributed by atoms with Gasteiger partial charge in [-0.2, -0.15) is 0 Å². The van der Waals surface area contributed by atoms with Gasteiger partial charge in [0, 0.05) is 17.2 Å². The van der Waals surface area contributed by atoms with Gasteiger partial charge in [-0.15, -0.1) is 0 Å². The summed E-state index contributed by atoms with van der Waals surface area (Å²) in [5.74, 6) is 4.62. The smallest absolute Gasteiger partial charge is 0.265 e. The Morgan fingerprint density at radius 1 is 1.30 bits per heavy atom. The van der Waals surface area contributed by atoms with E-state index in [2.05, 4.69) is 5.43 Å².